The first kappa shape index (κ1) is 10.1. The van der Waals surface area contributed by atoms with Gasteiger partial charge in [-0.15, -0.1) is 0 Å². The monoisotopic (exact) mass is 204 g/mol. The van der Waals surface area contributed by atoms with Crippen LogP contribution >= 0.6 is 0 Å². The first-order valence-electron chi connectivity index (χ1n) is 5.22. The van der Waals surface area contributed by atoms with Gasteiger partial charge >= 0.3 is 0 Å². The minimum atomic E-state index is 0.296. The minimum Gasteiger partial charge on any atom is -0.315 e. The standard InChI is InChI=1S/C11H16N4/c1-4-8(12-2)11-14-9-6-5-7-13-10(9)15(11)3/h5-8,12H,4H2,1-3H3. The van der Waals surface area contributed by atoms with Gasteiger partial charge in [-0.3, -0.25) is 0 Å². The van der Waals surface area contributed by atoms with Crippen molar-refractivity contribution in [3.8, 4) is 0 Å². The summed E-state index contributed by atoms with van der Waals surface area (Å²) in [6.45, 7) is 2.15. The highest BCUT2D eigenvalue weighted by Gasteiger charge is 2.15. The molecule has 4 heteroatoms. The largest absolute Gasteiger partial charge is 0.315 e. The fourth-order valence-electron chi connectivity index (χ4n) is 1.87. The van der Waals surface area contributed by atoms with Crippen molar-refractivity contribution < 1.29 is 0 Å². The fraction of sp³-hybridized carbons (Fsp3) is 0.455. The van der Waals surface area contributed by atoms with Gasteiger partial charge in [0.15, 0.2) is 5.65 Å². The molecule has 2 rings (SSSR count). The van der Waals surface area contributed by atoms with E-state index in [1.807, 2.05) is 26.2 Å². The van der Waals surface area contributed by atoms with Crippen LogP contribution in [0.1, 0.15) is 25.2 Å². The number of fused-ring (bicyclic) bond motifs is 1. The van der Waals surface area contributed by atoms with Gasteiger partial charge in [-0.05, 0) is 25.6 Å². The van der Waals surface area contributed by atoms with Crippen LogP contribution in [0.3, 0.4) is 0 Å². The second kappa shape index (κ2) is 3.98. The van der Waals surface area contributed by atoms with E-state index < -0.39 is 0 Å². The van der Waals surface area contributed by atoms with E-state index >= 15 is 0 Å². The van der Waals surface area contributed by atoms with E-state index in [1.165, 1.54) is 0 Å². The molecule has 0 bridgehead atoms. The molecular formula is C11H16N4. The van der Waals surface area contributed by atoms with Crippen LogP contribution in [0.4, 0.5) is 0 Å². The Hall–Kier alpha value is -1.42. The average Bonchev–Trinajstić information content (AvgIpc) is 2.60. The third-order valence-electron chi connectivity index (χ3n) is 2.73. The summed E-state index contributed by atoms with van der Waals surface area (Å²) in [6, 6.07) is 4.21. The zero-order valence-corrected chi connectivity index (χ0v) is 9.36. The molecule has 80 valence electrons. The molecule has 0 aliphatic heterocycles. The number of pyridine rings is 1. The molecule has 0 aliphatic rings. The number of imidazole rings is 1. The Balaban J connectivity index is 2.57. The van der Waals surface area contributed by atoms with Crippen molar-refractivity contribution in [1.82, 2.24) is 19.9 Å². The number of aryl methyl sites for hydroxylation is 1. The Morgan fingerprint density at radius 3 is 2.93 bits per heavy atom. The maximum atomic E-state index is 4.59. The summed E-state index contributed by atoms with van der Waals surface area (Å²) in [5.74, 6) is 1.05. The highest BCUT2D eigenvalue weighted by molar-refractivity contribution is 5.71. The molecule has 0 radical (unpaired) electrons. The van der Waals surface area contributed by atoms with Gasteiger partial charge in [-0.1, -0.05) is 6.92 Å². The number of nitrogens with one attached hydrogen (secondary N) is 1. The number of nitrogens with zero attached hydrogens (tertiary/aromatic N) is 3. The predicted molar refractivity (Wildman–Crippen MR) is 60.6 cm³/mol. The lowest BCUT2D eigenvalue weighted by molar-refractivity contribution is 0.529. The predicted octanol–water partition coefficient (Wildman–Crippen LogP) is 1.64. The quantitative estimate of drug-likeness (QED) is 0.826. The van der Waals surface area contributed by atoms with E-state index in [0.29, 0.717) is 6.04 Å². The molecule has 0 fully saturated rings. The molecule has 1 unspecified atom stereocenters. The molecule has 0 amide bonds. The first-order valence-corrected chi connectivity index (χ1v) is 5.22. The smallest absolute Gasteiger partial charge is 0.159 e. The number of aromatic nitrogens is 3. The average molecular weight is 204 g/mol. The maximum absolute atomic E-state index is 4.59. The summed E-state index contributed by atoms with van der Waals surface area (Å²) in [5.41, 5.74) is 1.91. The van der Waals surface area contributed by atoms with Crippen LogP contribution in [0, 0.1) is 0 Å². The molecule has 0 saturated heterocycles. The molecule has 2 heterocycles. The van der Waals surface area contributed by atoms with Gasteiger partial charge in [0, 0.05) is 13.2 Å². The van der Waals surface area contributed by atoms with E-state index in [1.54, 1.807) is 6.20 Å². The highest BCUT2D eigenvalue weighted by Crippen LogP contribution is 2.19. The van der Waals surface area contributed by atoms with E-state index in [2.05, 4.69) is 26.8 Å². The van der Waals surface area contributed by atoms with Crippen LogP contribution in [0.5, 0.6) is 0 Å². The van der Waals surface area contributed by atoms with Crippen LogP contribution in [0.25, 0.3) is 11.2 Å². The molecule has 2 aromatic rings. The number of hydrogen-bond donors (Lipinski definition) is 1. The normalized spacial score (nSPS) is 13.3. The second-order valence-electron chi connectivity index (χ2n) is 3.62. The molecule has 2 aromatic heterocycles. The molecule has 15 heavy (non-hydrogen) atoms. The zero-order valence-electron chi connectivity index (χ0n) is 9.36. The van der Waals surface area contributed by atoms with Crippen molar-refractivity contribution in [3.05, 3.63) is 24.2 Å². The van der Waals surface area contributed by atoms with Crippen molar-refractivity contribution in [3.63, 3.8) is 0 Å². The molecule has 4 nitrogen and oxygen atoms in total. The Kier molecular flexibility index (Phi) is 2.68. The summed E-state index contributed by atoms with van der Waals surface area (Å²) in [7, 11) is 3.97. The molecule has 1 atom stereocenters. The van der Waals surface area contributed by atoms with E-state index in [9.17, 15) is 0 Å². The first-order chi connectivity index (χ1) is 7.27. The Morgan fingerprint density at radius 1 is 1.53 bits per heavy atom. The molecule has 0 aliphatic carbocycles. The second-order valence-corrected chi connectivity index (χ2v) is 3.62. The van der Waals surface area contributed by atoms with E-state index in [0.717, 1.165) is 23.4 Å². The lowest BCUT2D eigenvalue weighted by Crippen LogP contribution is -2.19. The molecular weight excluding hydrogens is 188 g/mol. The zero-order chi connectivity index (χ0) is 10.8. The SMILES string of the molecule is CCC(NC)c1nc2cccnc2n1C. The van der Waals surface area contributed by atoms with Crippen LogP contribution in [0.15, 0.2) is 18.3 Å². The molecule has 0 aromatic carbocycles. The summed E-state index contributed by atoms with van der Waals surface area (Å²) in [4.78, 5) is 8.92. The van der Waals surface area contributed by atoms with Gasteiger partial charge in [0.25, 0.3) is 0 Å². The van der Waals surface area contributed by atoms with E-state index in [-0.39, 0.29) is 0 Å². The van der Waals surface area contributed by atoms with Crippen LogP contribution in [-0.2, 0) is 7.05 Å². The van der Waals surface area contributed by atoms with Gasteiger partial charge in [-0.25, -0.2) is 9.97 Å². The summed E-state index contributed by atoms with van der Waals surface area (Å²) in [6.07, 6.45) is 2.82. The van der Waals surface area contributed by atoms with Crippen molar-refractivity contribution in [2.24, 2.45) is 7.05 Å². The van der Waals surface area contributed by atoms with Gasteiger partial charge in [0.05, 0.1) is 6.04 Å². The van der Waals surface area contributed by atoms with Crippen molar-refractivity contribution in [2.45, 2.75) is 19.4 Å². The van der Waals surface area contributed by atoms with Gasteiger partial charge in [0.2, 0.25) is 0 Å². The molecule has 0 saturated carbocycles. The third-order valence-corrected chi connectivity index (χ3v) is 2.73. The highest BCUT2D eigenvalue weighted by atomic mass is 15.1. The lowest BCUT2D eigenvalue weighted by atomic mass is 10.2. The number of hydrogen-bond acceptors (Lipinski definition) is 3. The minimum absolute atomic E-state index is 0.296. The molecule has 0 spiro atoms. The van der Waals surface area contributed by atoms with Crippen molar-refractivity contribution >= 4 is 11.2 Å². The van der Waals surface area contributed by atoms with Gasteiger partial charge in [-0.2, -0.15) is 0 Å². The Labute approximate surface area is 89.3 Å². The van der Waals surface area contributed by atoms with Crippen LogP contribution in [-0.4, -0.2) is 21.6 Å². The fourth-order valence-corrected chi connectivity index (χ4v) is 1.87. The lowest BCUT2D eigenvalue weighted by Gasteiger charge is -2.12. The van der Waals surface area contributed by atoms with Gasteiger partial charge in [0.1, 0.15) is 11.3 Å². The summed E-state index contributed by atoms with van der Waals surface area (Å²) < 4.78 is 2.06. The van der Waals surface area contributed by atoms with Crippen molar-refractivity contribution in [1.29, 1.82) is 0 Å². The summed E-state index contributed by atoms with van der Waals surface area (Å²) >= 11 is 0. The van der Waals surface area contributed by atoms with Gasteiger partial charge < -0.3 is 9.88 Å². The Bertz CT molecular complexity index is 457. The summed E-state index contributed by atoms with van der Waals surface area (Å²) in [5, 5.41) is 3.26. The topological polar surface area (TPSA) is 42.7 Å². The Morgan fingerprint density at radius 2 is 2.33 bits per heavy atom. The van der Waals surface area contributed by atoms with Crippen LogP contribution < -0.4 is 5.32 Å². The third kappa shape index (κ3) is 1.61. The number of rotatable bonds is 3. The maximum Gasteiger partial charge on any atom is 0.159 e. The van der Waals surface area contributed by atoms with Crippen LogP contribution in [0.2, 0.25) is 0 Å². The molecule has 1 N–H and O–H groups in total. The van der Waals surface area contributed by atoms with Crippen molar-refractivity contribution in [2.75, 3.05) is 7.05 Å². The van der Waals surface area contributed by atoms with E-state index in [4.69, 9.17) is 0 Å².